The summed E-state index contributed by atoms with van der Waals surface area (Å²) in [4.78, 5) is 10.5. The van der Waals surface area contributed by atoms with Gasteiger partial charge >= 0.3 is 5.97 Å². The molecule has 13 heavy (non-hydrogen) atoms. The van der Waals surface area contributed by atoms with E-state index in [4.69, 9.17) is 4.74 Å². The fraction of sp³-hybridized carbons (Fsp3) is 0.875. The molecule has 1 rings (SSSR count). The number of carbonyl (C=O) groups excluding carboxylic acids is 1. The molecule has 0 N–H and O–H groups in total. The average molecular weight is 257 g/mol. The van der Waals surface area contributed by atoms with Crippen LogP contribution in [0.3, 0.4) is 0 Å². The van der Waals surface area contributed by atoms with Gasteiger partial charge in [-0.05, 0) is 12.8 Å². The first-order chi connectivity index (χ1) is 5.96. The molecule has 1 atom stereocenters. The number of hydrogen-bond donors (Lipinski definition) is 0. The Kier molecular flexibility index (Phi) is 3.27. The van der Waals surface area contributed by atoms with Crippen LogP contribution in [0.2, 0.25) is 0 Å². The fourth-order valence-electron chi connectivity index (χ4n) is 1.33. The van der Waals surface area contributed by atoms with Crippen LogP contribution in [0.4, 0.5) is 8.78 Å². The Morgan fingerprint density at radius 1 is 1.69 bits per heavy atom. The summed E-state index contributed by atoms with van der Waals surface area (Å²) in [5.74, 6) is -3.31. The maximum atomic E-state index is 12.4. The zero-order valence-electron chi connectivity index (χ0n) is 7.23. The Hall–Kier alpha value is -0.190. The lowest BCUT2D eigenvalue weighted by atomic mass is 9.79. The normalized spacial score (nSPS) is 23.4. The van der Waals surface area contributed by atoms with Gasteiger partial charge in [0.05, 0.1) is 6.61 Å². The summed E-state index contributed by atoms with van der Waals surface area (Å²) in [5.41, 5.74) is 0. The summed E-state index contributed by atoms with van der Waals surface area (Å²) in [7, 11) is 0. The highest BCUT2D eigenvalue weighted by molar-refractivity contribution is 9.10. The Balaban J connectivity index is 2.34. The van der Waals surface area contributed by atoms with Crippen molar-refractivity contribution in [2.24, 2.45) is 5.92 Å². The highest BCUT2D eigenvalue weighted by Gasteiger charge is 2.49. The molecule has 0 saturated heterocycles. The number of hydrogen-bond acceptors (Lipinski definition) is 2. The van der Waals surface area contributed by atoms with Gasteiger partial charge in [-0.1, -0.05) is 15.9 Å². The second-order valence-electron chi connectivity index (χ2n) is 3.18. The van der Waals surface area contributed by atoms with Crippen LogP contribution in [-0.4, -0.2) is 23.3 Å². The second kappa shape index (κ2) is 3.90. The number of halogens is 3. The summed E-state index contributed by atoms with van der Waals surface area (Å²) >= 11 is 3.06. The van der Waals surface area contributed by atoms with Crippen molar-refractivity contribution in [2.45, 2.75) is 30.5 Å². The SMILES string of the molecule is CCOC(=O)C(Br)C1CC(F)(F)C1. The van der Waals surface area contributed by atoms with Crippen LogP contribution in [0.1, 0.15) is 19.8 Å². The molecule has 0 heterocycles. The van der Waals surface area contributed by atoms with Crippen molar-refractivity contribution in [3.63, 3.8) is 0 Å². The van der Waals surface area contributed by atoms with E-state index >= 15 is 0 Å². The van der Waals surface area contributed by atoms with E-state index in [2.05, 4.69) is 15.9 Å². The molecule has 76 valence electrons. The molecule has 1 saturated carbocycles. The molecular weight excluding hydrogens is 246 g/mol. The largest absolute Gasteiger partial charge is 0.465 e. The van der Waals surface area contributed by atoms with Crippen LogP contribution in [0.15, 0.2) is 0 Å². The minimum Gasteiger partial charge on any atom is -0.465 e. The summed E-state index contributed by atoms with van der Waals surface area (Å²) in [6.45, 7) is 1.97. The van der Waals surface area contributed by atoms with Gasteiger partial charge in [0.15, 0.2) is 0 Å². The molecule has 0 bridgehead atoms. The molecule has 0 spiro atoms. The number of esters is 1. The van der Waals surface area contributed by atoms with Gasteiger partial charge in [0, 0.05) is 12.8 Å². The molecule has 5 heteroatoms. The molecule has 0 aromatic rings. The minimum atomic E-state index is -2.58. The van der Waals surface area contributed by atoms with E-state index in [9.17, 15) is 13.6 Å². The molecule has 1 fully saturated rings. The highest BCUT2D eigenvalue weighted by Crippen LogP contribution is 2.46. The topological polar surface area (TPSA) is 26.3 Å². The first-order valence-corrected chi connectivity index (χ1v) is 5.06. The van der Waals surface area contributed by atoms with Crippen LogP contribution in [-0.2, 0) is 9.53 Å². The van der Waals surface area contributed by atoms with Crippen molar-refractivity contribution in [3.05, 3.63) is 0 Å². The summed E-state index contributed by atoms with van der Waals surface area (Å²) in [6.07, 6.45) is -0.441. The Bertz CT molecular complexity index is 200. The van der Waals surface area contributed by atoms with E-state index in [0.29, 0.717) is 0 Å². The fourth-order valence-corrected chi connectivity index (χ4v) is 1.83. The quantitative estimate of drug-likeness (QED) is 0.573. The number of carbonyl (C=O) groups is 1. The van der Waals surface area contributed by atoms with E-state index in [1.165, 1.54) is 0 Å². The molecule has 1 aliphatic carbocycles. The van der Waals surface area contributed by atoms with Gasteiger partial charge in [-0.3, -0.25) is 4.79 Å². The van der Waals surface area contributed by atoms with Crippen molar-refractivity contribution >= 4 is 21.9 Å². The predicted molar refractivity (Wildman–Crippen MR) is 47.0 cm³/mol. The third-order valence-corrected chi connectivity index (χ3v) is 3.17. The van der Waals surface area contributed by atoms with Crippen LogP contribution in [0.25, 0.3) is 0 Å². The maximum absolute atomic E-state index is 12.4. The van der Waals surface area contributed by atoms with Crippen molar-refractivity contribution < 1.29 is 18.3 Å². The standard InChI is InChI=1S/C8H11BrF2O2/c1-2-13-7(12)6(9)5-3-8(10,11)4-5/h5-6H,2-4H2,1H3. The van der Waals surface area contributed by atoms with E-state index < -0.39 is 16.7 Å². The van der Waals surface area contributed by atoms with Crippen molar-refractivity contribution in [1.29, 1.82) is 0 Å². The maximum Gasteiger partial charge on any atom is 0.319 e. The second-order valence-corrected chi connectivity index (χ2v) is 4.16. The third kappa shape index (κ3) is 2.62. The average Bonchev–Trinajstić information content (AvgIpc) is 1.99. The third-order valence-electron chi connectivity index (χ3n) is 2.05. The van der Waals surface area contributed by atoms with Gasteiger partial charge in [-0.15, -0.1) is 0 Å². The molecule has 0 aromatic carbocycles. The molecule has 1 aliphatic rings. The summed E-state index contributed by atoms with van der Waals surface area (Å²) in [5, 5.41) is 0. The molecule has 1 unspecified atom stereocenters. The van der Waals surface area contributed by atoms with E-state index in [0.717, 1.165) is 0 Å². The molecule has 0 radical (unpaired) electrons. The van der Waals surface area contributed by atoms with E-state index in [-0.39, 0.29) is 25.4 Å². The van der Waals surface area contributed by atoms with Crippen molar-refractivity contribution in [1.82, 2.24) is 0 Å². The van der Waals surface area contributed by atoms with Gasteiger partial charge in [-0.25, -0.2) is 8.78 Å². The summed E-state index contributed by atoms with van der Waals surface area (Å²) < 4.78 is 29.5. The van der Waals surface area contributed by atoms with Crippen molar-refractivity contribution in [2.75, 3.05) is 6.61 Å². The van der Waals surface area contributed by atoms with Gasteiger partial charge < -0.3 is 4.74 Å². The zero-order valence-corrected chi connectivity index (χ0v) is 8.81. The lowest BCUT2D eigenvalue weighted by molar-refractivity contribution is -0.150. The van der Waals surface area contributed by atoms with E-state index in [1.54, 1.807) is 6.92 Å². The molecule has 0 amide bonds. The van der Waals surface area contributed by atoms with E-state index in [1.807, 2.05) is 0 Å². The van der Waals surface area contributed by atoms with Crippen LogP contribution >= 0.6 is 15.9 Å². The number of ether oxygens (including phenoxy) is 1. The Morgan fingerprint density at radius 3 is 2.62 bits per heavy atom. The number of alkyl halides is 3. The van der Waals surface area contributed by atoms with Gasteiger partial charge in [-0.2, -0.15) is 0 Å². The first-order valence-electron chi connectivity index (χ1n) is 4.15. The zero-order chi connectivity index (χ0) is 10.1. The first kappa shape index (κ1) is 10.9. The summed E-state index contributed by atoms with van der Waals surface area (Å²) in [6, 6.07) is 0. The monoisotopic (exact) mass is 256 g/mol. The Morgan fingerprint density at radius 2 is 2.23 bits per heavy atom. The lowest BCUT2D eigenvalue weighted by Crippen LogP contribution is -2.43. The number of rotatable bonds is 3. The molecule has 2 nitrogen and oxygen atoms in total. The smallest absolute Gasteiger partial charge is 0.319 e. The minimum absolute atomic E-state index is 0.221. The molecule has 0 aliphatic heterocycles. The highest BCUT2D eigenvalue weighted by atomic mass is 79.9. The Labute approximate surface area is 83.8 Å². The van der Waals surface area contributed by atoms with Gasteiger partial charge in [0.2, 0.25) is 5.92 Å². The molecular formula is C8H11BrF2O2. The van der Waals surface area contributed by atoms with Crippen molar-refractivity contribution in [3.8, 4) is 0 Å². The van der Waals surface area contributed by atoms with Gasteiger partial charge in [0.1, 0.15) is 4.83 Å². The lowest BCUT2D eigenvalue weighted by Gasteiger charge is -2.36. The van der Waals surface area contributed by atoms with Crippen LogP contribution < -0.4 is 0 Å². The molecule has 0 aromatic heterocycles. The predicted octanol–water partition coefficient (Wildman–Crippen LogP) is 2.36. The van der Waals surface area contributed by atoms with Crippen LogP contribution in [0, 0.1) is 5.92 Å². The van der Waals surface area contributed by atoms with Gasteiger partial charge in [0.25, 0.3) is 0 Å². The van der Waals surface area contributed by atoms with Crippen LogP contribution in [0.5, 0.6) is 0 Å².